The van der Waals surface area contributed by atoms with Crippen LogP contribution in [0.4, 0.5) is 10.5 Å². The first-order valence-corrected chi connectivity index (χ1v) is 10.5. The molecule has 1 heterocycles. The Balaban J connectivity index is 2.18. The molecule has 0 bridgehead atoms. The Morgan fingerprint density at radius 2 is 1.62 bits per heavy atom. The normalized spacial score (nSPS) is 19.4. The SMILES string of the molecule is CC(C)CCC1(C)NC(=O)N(CC(=O)Nc2c(C(C)C)cccc2C(C)C)C1=O. The lowest BCUT2D eigenvalue weighted by Gasteiger charge is -2.23. The smallest absolute Gasteiger partial charge is 0.324 e. The summed E-state index contributed by atoms with van der Waals surface area (Å²) in [5.41, 5.74) is 1.93. The van der Waals surface area contributed by atoms with Crippen LogP contribution in [0, 0.1) is 5.92 Å². The Hall–Kier alpha value is -2.37. The van der Waals surface area contributed by atoms with Gasteiger partial charge in [0.05, 0.1) is 0 Å². The third-order valence-electron chi connectivity index (χ3n) is 5.51. The summed E-state index contributed by atoms with van der Waals surface area (Å²) in [4.78, 5) is 39.1. The predicted molar refractivity (Wildman–Crippen MR) is 116 cm³/mol. The number of rotatable bonds is 8. The minimum absolute atomic E-state index is 0.236. The van der Waals surface area contributed by atoms with E-state index >= 15 is 0 Å². The van der Waals surface area contributed by atoms with E-state index in [2.05, 4.69) is 52.2 Å². The Bertz CT molecular complexity index is 759. The second kappa shape index (κ2) is 8.97. The molecule has 1 unspecified atom stereocenters. The molecule has 0 aromatic heterocycles. The Morgan fingerprint density at radius 3 is 2.10 bits per heavy atom. The number of para-hydroxylation sites is 1. The van der Waals surface area contributed by atoms with Crippen LogP contribution < -0.4 is 10.6 Å². The van der Waals surface area contributed by atoms with Gasteiger partial charge in [0.15, 0.2) is 0 Å². The van der Waals surface area contributed by atoms with Crippen LogP contribution in [-0.2, 0) is 9.59 Å². The molecule has 1 aliphatic heterocycles. The lowest BCUT2D eigenvalue weighted by molar-refractivity contribution is -0.133. The van der Waals surface area contributed by atoms with Crippen LogP contribution in [0.3, 0.4) is 0 Å². The highest BCUT2D eigenvalue weighted by atomic mass is 16.2. The first kappa shape index (κ1) is 22.9. The van der Waals surface area contributed by atoms with Gasteiger partial charge in [0.25, 0.3) is 5.91 Å². The zero-order valence-corrected chi connectivity index (χ0v) is 18.8. The minimum atomic E-state index is -0.944. The Labute approximate surface area is 174 Å². The van der Waals surface area contributed by atoms with Gasteiger partial charge in [-0.25, -0.2) is 4.79 Å². The molecular formula is C23H35N3O3. The van der Waals surface area contributed by atoms with Crippen molar-refractivity contribution in [3.63, 3.8) is 0 Å². The van der Waals surface area contributed by atoms with E-state index in [1.54, 1.807) is 6.92 Å². The van der Waals surface area contributed by atoms with Crippen molar-refractivity contribution in [3.05, 3.63) is 29.3 Å². The quantitative estimate of drug-likeness (QED) is 0.624. The number of urea groups is 1. The summed E-state index contributed by atoms with van der Waals surface area (Å²) in [6.45, 7) is 13.9. The summed E-state index contributed by atoms with van der Waals surface area (Å²) in [6, 6.07) is 5.50. The molecule has 29 heavy (non-hydrogen) atoms. The fraction of sp³-hybridized carbons (Fsp3) is 0.609. The van der Waals surface area contributed by atoms with Gasteiger partial charge in [0, 0.05) is 5.69 Å². The van der Waals surface area contributed by atoms with Crippen molar-refractivity contribution >= 4 is 23.5 Å². The van der Waals surface area contributed by atoms with Gasteiger partial charge in [-0.3, -0.25) is 14.5 Å². The molecule has 1 saturated heterocycles. The van der Waals surface area contributed by atoms with E-state index in [0.717, 1.165) is 28.1 Å². The molecule has 4 amide bonds. The van der Waals surface area contributed by atoms with E-state index in [9.17, 15) is 14.4 Å². The van der Waals surface area contributed by atoms with Crippen molar-refractivity contribution in [3.8, 4) is 0 Å². The van der Waals surface area contributed by atoms with Gasteiger partial charge < -0.3 is 10.6 Å². The number of carbonyl (C=O) groups is 3. The Morgan fingerprint density at radius 1 is 1.07 bits per heavy atom. The van der Waals surface area contributed by atoms with Crippen LogP contribution in [0.5, 0.6) is 0 Å². The first-order valence-electron chi connectivity index (χ1n) is 10.5. The third-order valence-corrected chi connectivity index (χ3v) is 5.51. The molecule has 160 valence electrons. The van der Waals surface area contributed by atoms with Gasteiger partial charge in [-0.05, 0) is 48.6 Å². The van der Waals surface area contributed by atoms with Crippen molar-refractivity contribution < 1.29 is 14.4 Å². The van der Waals surface area contributed by atoms with Gasteiger partial charge in [0.2, 0.25) is 5.91 Å². The standard InChI is InChI=1S/C23H35N3O3/c1-14(2)11-12-23(7)21(28)26(22(29)25-23)13-19(27)24-20-17(15(3)4)9-8-10-18(20)16(5)6/h8-10,14-16H,11-13H2,1-7H3,(H,24,27)(H,25,29). The van der Waals surface area contributed by atoms with E-state index in [4.69, 9.17) is 0 Å². The molecular weight excluding hydrogens is 366 g/mol. The average molecular weight is 402 g/mol. The molecule has 1 atom stereocenters. The second-order valence-corrected chi connectivity index (χ2v) is 9.26. The molecule has 1 aliphatic rings. The minimum Gasteiger partial charge on any atom is -0.324 e. The fourth-order valence-electron chi connectivity index (χ4n) is 3.66. The summed E-state index contributed by atoms with van der Waals surface area (Å²) >= 11 is 0. The van der Waals surface area contributed by atoms with Crippen molar-refractivity contribution in [2.45, 2.75) is 78.7 Å². The van der Waals surface area contributed by atoms with Crippen LogP contribution in [0.1, 0.15) is 84.3 Å². The van der Waals surface area contributed by atoms with E-state index < -0.39 is 11.6 Å². The number of nitrogens with zero attached hydrogens (tertiary/aromatic N) is 1. The Kier molecular flexibility index (Phi) is 7.09. The second-order valence-electron chi connectivity index (χ2n) is 9.26. The van der Waals surface area contributed by atoms with Crippen LogP contribution >= 0.6 is 0 Å². The number of hydrogen-bond donors (Lipinski definition) is 2. The molecule has 6 nitrogen and oxygen atoms in total. The number of amides is 4. The fourth-order valence-corrected chi connectivity index (χ4v) is 3.66. The summed E-state index contributed by atoms with van der Waals surface area (Å²) in [6.07, 6.45) is 1.38. The lowest BCUT2D eigenvalue weighted by atomic mass is 9.92. The third kappa shape index (κ3) is 5.17. The molecule has 2 rings (SSSR count). The van der Waals surface area contributed by atoms with Gasteiger partial charge in [-0.2, -0.15) is 0 Å². The van der Waals surface area contributed by atoms with E-state index in [0.29, 0.717) is 12.3 Å². The number of benzene rings is 1. The molecule has 1 aromatic rings. The van der Waals surface area contributed by atoms with Crippen molar-refractivity contribution in [2.75, 3.05) is 11.9 Å². The summed E-state index contributed by atoms with van der Waals surface area (Å²) in [7, 11) is 0. The van der Waals surface area contributed by atoms with Crippen LogP contribution in [0.25, 0.3) is 0 Å². The van der Waals surface area contributed by atoms with E-state index in [-0.39, 0.29) is 30.2 Å². The largest absolute Gasteiger partial charge is 0.325 e. The molecule has 0 saturated carbocycles. The van der Waals surface area contributed by atoms with E-state index in [1.165, 1.54) is 0 Å². The van der Waals surface area contributed by atoms with Gasteiger partial charge in [0.1, 0.15) is 12.1 Å². The molecule has 2 N–H and O–H groups in total. The highest BCUT2D eigenvalue weighted by Gasteiger charge is 2.47. The average Bonchev–Trinajstić information content (AvgIpc) is 2.83. The van der Waals surface area contributed by atoms with Gasteiger partial charge in [-0.1, -0.05) is 59.7 Å². The van der Waals surface area contributed by atoms with Crippen molar-refractivity contribution in [2.24, 2.45) is 5.92 Å². The molecule has 6 heteroatoms. The zero-order chi connectivity index (χ0) is 21.9. The predicted octanol–water partition coefficient (Wildman–Crippen LogP) is 4.62. The molecule has 0 radical (unpaired) electrons. The maximum Gasteiger partial charge on any atom is 0.325 e. The van der Waals surface area contributed by atoms with Crippen LogP contribution in [0.2, 0.25) is 0 Å². The number of carbonyl (C=O) groups excluding carboxylic acids is 3. The number of imide groups is 1. The number of hydrogen-bond acceptors (Lipinski definition) is 3. The topological polar surface area (TPSA) is 78.5 Å². The molecule has 0 spiro atoms. The lowest BCUT2D eigenvalue weighted by Crippen LogP contribution is -2.44. The highest BCUT2D eigenvalue weighted by molar-refractivity contribution is 6.10. The highest BCUT2D eigenvalue weighted by Crippen LogP contribution is 2.32. The molecule has 1 aromatic carbocycles. The van der Waals surface area contributed by atoms with Crippen molar-refractivity contribution in [1.82, 2.24) is 10.2 Å². The number of nitrogens with one attached hydrogen (secondary N) is 2. The first-order chi connectivity index (χ1) is 13.5. The maximum absolute atomic E-state index is 12.9. The molecule has 1 fully saturated rings. The maximum atomic E-state index is 12.9. The van der Waals surface area contributed by atoms with Crippen LogP contribution in [-0.4, -0.2) is 34.8 Å². The summed E-state index contributed by atoms with van der Waals surface area (Å²) in [5, 5.41) is 5.75. The number of anilines is 1. The zero-order valence-electron chi connectivity index (χ0n) is 18.8. The van der Waals surface area contributed by atoms with Crippen molar-refractivity contribution in [1.29, 1.82) is 0 Å². The van der Waals surface area contributed by atoms with Crippen LogP contribution in [0.15, 0.2) is 18.2 Å². The molecule has 0 aliphatic carbocycles. The summed E-state index contributed by atoms with van der Waals surface area (Å²) in [5.74, 6) is 0.201. The van der Waals surface area contributed by atoms with Gasteiger partial charge in [-0.15, -0.1) is 0 Å². The monoisotopic (exact) mass is 401 g/mol. The van der Waals surface area contributed by atoms with Gasteiger partial charge >= 0.3 is 6.03 Å². The van der Waals surface area contributed by atoms with E-state index in [1.807, 2.05) is 18.2 Å². The summed E-state index contributed by atoms with van der Waals surface area (Å²) < 4.78 is 0.